The topological polar surface area (TPSA) is 44.8 Å². The first kappa shape index (κ1) is 28.7. The second-order valence-corrected chi connectivity index (χ2v) is 9.11. The number of hydrogen-bond acceptors (Lipinski definition) is 4. The van der Waals surface area contributed by atoms with E-state index in [0.717, 1.165) is 25.0 Å². The van der Waals surface area contributed by atoms with E-state index in [1.807, 2.05) is 0 Å². The Kier molecular flexibility index (Phi) is 14.6. The summed E-state index contributed by atoms with van der Waals surface area (Å²) in [5.74, 6) is 1.29. The molecule has 0 aliphatic heterocycles. The molecule has 2 aromatic carbocycles. The second kappa shape index (κ2) is 17.8. The van der Waals surface area contributed by atoms with Crippen molar-refractivity contribution in [1.29, 1.82) is 0 Å². The van der Waals surface area contributed by atoms with Crippen LogP contribution in [-0.2, 0) is 0 Å². The van der Waals surface area contributed by atoms with Gasteiger partial charge in [0.1, 0.15) is 30.0 Å². The summed E-state index contributed by atoms with van der Waals surface area (Å²) in [5.41, 5.74) is 0.454. The average Bonchev–Trinajstić information content (AvgIpc) is 2.88. The average molecular weight is 487 g/mol. The summed E-state index contributed by atoms with van der Waals surface area (Å²) in [7, 11) is 0. The van der Waals surface area contributed by atoms with E-state index >= 15 is 0 Å². The van der Waals surface area contributed by atoms with Crippen LogP contribution >= 0.6 is 0 Å². The van der Waals surface area contributed by atoms with Gasteiger partial charge in [0, 0.05) is 0 Å². The maximum atomic E-state index is 14.1. The zero-order chi connectivity index (χ0) is 25.1. The molecule has 0 aliphatic carbocycles. The van der Waals surface area contributed by atoms with Gasteiger partial charge in [0.2, 0.25) is 0 Å². The molecule has 0 bridgehead atoms. The minimum absolute atomic E-state index is 0.0429. The predicted octanol–water partition coefficient (Wildman–Crippen LogP) is 8.72. The Hall–Kier alpha value is -2.56. The van der Waals surface area contributed by atoms with E-state index in [-0.39, 0.29) is 6.61 Å². The molecule has 0 spiro atoms. The molecule has 0 aromatic heterocycles. The van der Waals surface area contributed by atoms with Gasteiger partial charge in [0.15, 0.2) is 0 Å². The Morgan fingerprint density at radius 3 is 1.86 bits per heavy atom. The Labute approximate surface area is 211 Å². The maximum Gasteiger partial charge on any atom is 0.343 e. The molecule has 194 valence electrons. The van der Waals surface area contributed by atoms with Crippen molar-refractivity contribution in [3.05, 3.63) is 54.1 Å². The standard InChI is InChI=1S/C30H43FO4/c1-3-5-7-9-10-12-14-26(31)24-34-28-19-21-29(22-20-28)35-30(32)25-15-17-27(18-16-25)33-23-13-11-8-6-4-2/h15-22,26H,3-14,23-24H2,1-2H3. The minimum atomic E-state index is -0.966. The highest BCUT2D eigenvalue weighted by Crippen LogP contribution is 2.21. The Bertz CT molecular complexity index is 804. The number of carbonyl (C=O) groups excluding carboxylic acids is 1. The summed E-state index contributed by atoms with van der Waals surface area (Å²) >= 11 is 0. The van der Waals surface area contributed by atoms with E-state index in [1.54, 1.807) is 48.5 Å². The van der Waals surface area contributed by atoms with Gasteiger partial charge in [0.05, 0.1) is 12.2 Å². The van der Waals surface area contributed by atoms with E-state index in [9.17, 15) is 9.18 Å². The summed E-state index contributed by atoms with van der Waals surface area (Å²) in [4.78, 5) is 12.4. The number of rotatable bonds is 19. The van der Waals surface area contributed by atoms with Crippen molar-refractivity contribution >= 4 is 5.97 Å². The first-order valence-corrected chi connectivity index (χ1v) is 13.4. The van der Waals surface area contributed by atoms with Crippen LogP contribution in [0.15, 0.2) is 48.5 Å². The minimum Gasteiger partial charge on any atom is -0.494 e. The number of benzene rings is 2. The Balaban J connectivity index is 1.66. The zero-order valence-corrected chi connectivity index (χ0v) is 21.6. The van der Waals surface area contributed by atoms with Crippen LogP contribution in [0, 0.1) is 0 Å². The predicted molar refractivity (Wildman–Crippen MR) is 140 cm³/mol. The van der Waals surface area contributed by atoms with E-state index < -0.39 is 12.1 Å². The number of hydrogen-bond donors (Lipinski definition) is 0. The van der Waals surface area contributed by atoms with Crippen LogP contribution in [0.1, 0.15) is 101 Å². The van der Waals surface area contributed by atoms with Crippen LogP contribution in [0.4, 0.5) is 4.39 Å². The third-order valence-corrected chi connectivity index (χ3v) is 5.94. The molecule has 5 heteroatoms. The number of ether oxygens (including phenoxy) is 3. The molecule has 1 atom stereocenters. The van der Waals surface area contributed by atoms with Crippen molar-refractivity contribution in [2.24, 2.45) is 0 Å². The molecule has 2 aromatic rings. The smallest absolute Gasteiger partial charge is 0.343 e. The molecule has 0 amide bonds. The number of esters is 1. The first-order valence-electron chi connectivity index (χ1n) is 13.4. The van der Waals surface area contributed by atoms with Gasteiger partial charge >= 0.3 is 5.97 Å². The lowest BCUT2D eigenvalue weighted by atomic mass is 10.1. The van der Waals surface area contributed by atoms with Crippen molar-refractivity contribution in [2.75, 3.05) is 13.2 Å². The van der Waals surface area contributed by atoms with Crippen LogP contribution in [0.25, 0.3) is 0 Å². The molecule has 0 saturated heterocycles. The third kappa shape index (κ3) is 12.6. The summed E-state index contributed by atoms with van der Waals surface area (Å²) < 4.78 is 30.8. The van der Waals surface area contributed by atoms with Gasteiger partial charge in [-0.15, -0.1) is 0 Å². The molecule has 0 heterocycles. The number of carbonyl (C=O) groups is 1. The Morgan fingerprint density at radius 1 is 0.686 bits per heavy atom. The maximum absolute atomic E-state index is 14.1. The summed E-state index contributed by atoms with van der Waals surface area (Å²) in [6, 6.07) is 13.7. The molecular formula is C30H43FO4. The number of halogens is 1. The fourth-order valence-electron chi connectivity index (χ4n) is 3.77. The molecule has 0 aliphatic rings. The quantitative estimate of drug-likeness (QED) is 0.113. The number of unbranched alkanes of at least 4 members (excludes halogenated alkanes) is 9. The van der Waals surface area contributed by atoms with Gasteiger partial charge in [-0.3, -0.25) is 0 Å². The molecular weight excluding hydrogens is 443 g/mol. The molecule has 0 saturated carbocycles. The lowest BCUT2D eigenvalue weighted by molar-refractivity contribution is 0.0734. The molecule has 0 radical (unpaired) electrons. The first-order chi connectivity index (χ1) is 17.1. The molecule has 4 nitrogen and oxygen atoms in total. The van der Waals surface area contributed by atoms with Crippen LogP contribution in [0.3, 0.4) is 0 Å². The van der Waals surface area contributed by atoms with Crippen molar-refractivity contribution < 1.29 is 23.4 Å². The molecule has 0 fully saturated rings. The van der Waals surface area contributed by atoms with Crippen LogP contribution < -0.4 is 14.2 Å². The normalized spacial score (nSPS) is 11.7. The zero-order valence-electron chi connectivity index (χ0n) is 21.6. The van der Waals surface area contributed by atoms with E-state index in [0.29, 0.717) is 30.1 Å². The van der Waals surface area contributed by atoms with Gasteiger partial charge in [-0.1, -0.05) is 78.1 Å². The van der Waals surface area contributed by atoms with Crippen molar-refractivity contribution in [3.8, 4) is 17.2 Å². The van der Waals surface area contributed by atoms with Gasteiger partial charge < -0.3 is 14.2 Å². The van der Waals surface area contributed by atoms with E-state index in [2.05, 4.69) is 13.8 Å². The molecule has 2 rings (SSSR count). The highest BCUT2D eigenvalue weighted by atomic mass is 19.1. The Morgan fingerprint density at radius 2 is 1.20 bits per heavy atom. The van der Waals surface area contributed by atoms with Gasteiger partial charge in [-0.05, 0) is 61.4 Å². The molecule has 0 N–H and O–H groups in total. The van der Waals surface area contributed by atoms with Crippen molar-refractivity contribution in [2.45, 2.75) is 97.1 Å². The highest BCUT2D eigenvalue weighted by Gasteiger charge is 2.10. The monoisotopic (exact) mass is 486 g/mol. The summed E-state index contributed by atoms with van der Waals surface area (Å²) in [6.45, 7) is 5.12. The van der Waals surface area contributed by atoms with Gasteiger partial charge in [0.25, 0.3) is 0 Å². The summed E-state index contributed by atoms with van der Waals surface area (Å²) in [6.07, 6.45) is 12.4. The lowest BCUT2D eigenvalue weighted by Crippen LogP contribution is -2.13. The fourth-order valence-corrected chi connectivity index (χ4v) is 3.77. The van der Waals surface area contributed by atoms with Crippen LogP contribution in [0.2, 0.25) is 0 Å². The summed E-state index contributed by atoms with van der Waals surface area (Å²) in [5, 5.41) is 0. The van der Waals surface area contributed by atoms with Crippen molar-refractivity contribution in [1.82, 2.24) is 0 Å². The largest absolute Gasteiger partial charge is 0.494 e. The third-order valence-electron chi connectivity index (χ3n) is 5.94. The molecule has 1 unspecified atom stereocenters. The van der Waals surface area contributed by atoms with E-state index in [1.165, 1.54) is 51.4 Å². The van der Waals surface area contributed by atoms with Crippen LogP contribution in [-0.4, -0.2) is 25.4 Å². The highest BCUT2D eigenvalue weighted by molar-refractivity contribution is 5.91. The number of alkyl halides is 1. The van der Waals surface area contributed by atoms with Crippen molar-refractivity contribution in [3.63, 3.8) is 0 Å². The van der Waals surface area contributed by atoms with Gasteiger partial charge in [-0.2, -0.15) is 0 Å². The SMILES string of the molecule is CCCCCCCCC(F)COc1ccc(OC(=O)c2ccc(OCCCCCCC)cc2)cc1. The lowest BCUT2D eigenvalue weighted by Gasteiger charge is -2.11. The van der Waals surface area contributed by atoms with Crippen LogP contribution in [0.5, 0.6) is 17.2 Å². The fraction of sp³-hybridized carbons (Fsp3) is 0.567. The van der Waals surface area contributed by atoms with Gasteiger partial charge in [-0.25, -0.2) is 9.18 Å². The molecule has 35 heavy (non-hydrogen) atoms. The second-order valence-electron chi connectivity index (χ2n) is 9.11. The van der Waals surface area contributed by atoms with E-state index in [4.69, 9.17) is 14.2 Å².